The molecule has 0 radical (unpaired) electrons. The van der Waals surface area contributed by atoms with Gasteiger partial charge >= 0.3 is 6.03 Å². The zero-order valence-electron chi connectivity index (χ0n) is 25.6. The molecule has 7 nitrogen and oxygen atoms in total. The molecule has 2 aromatic heterocycles. The van der Waals surface area contributed by atoms with Crippen molar-refractivity contribution in [1.29, 1.82) is 0 Å². The van der Waals surface area contributed by atoms with Crippen molar-refractivity contribution in [3.63, 3.8) is 0 Å². The van der Waals surface area contributed by atoms with Crippen molar-refractivity contribution in [2.24, 2.45) is 0 Å². The molecule has 42 heavy (non-hydrogen) atoms. The van der Waals surface area contributed by atoms with Gasteiger partial charge in [0.15, 0.2) is 0 Å². The molecule has 2 amide bonds. The van der Waals surface area contributed by atoms with Gasteiger partial charge < -0.3 is 10.3 Å². The van der Waals surface area contributed by atoms with Gasteiger partial charge in [-0.2, -0.15) is 0 Å². The van der Waals surface area contributed by atoms with Crippen LogP contribution in [0.2, 0.25) is 0 Å². The topological polar surface area (TPSA) is 81.3 Å². The van der Waals surface area contributed by atoms with Crippen molar-refractivity contribution in [3.8, 4) is 23.0 Å². The normalized spacial score (nSPS) is 10.9. The average molecular weight is 564 g/mol. The maximum atomic E-state index is 14.0. The molecule has 4 aromatic rings. The fourth-order valence-electron chi connectivity index (χ4n) is 5.30. The highest BCUT2D eigenvalue weighted by atomic mass is 16.2. The molecule has 4 rings (SSSR count). The second kappa shape index (κ2) is 14.0. The van der Waals surface area contributed by atoms with Crippen molar-refractivity contribution >= 4 is 28.4 Å². The predicted octanol–water partition coefficient (Wildman–Crippen LogP) is 7.05. The summed E-state index contributed by atoms with van der Waals surface area (Å²) in [5, 5.41) is 3.88. The SMILES string of the molecule is CCCCN(C(=O)Nc1c(C)cc(C)cc1C)c1c(-c2cccc(C#CCN(CC)CC)c2)c2cccnc2[nH]c1=O. The standard InChI is InChI=1S/C35H41N5O2/c1-7-10-20-40(35(42)37-31-25(5)21-24(4)22-26(31)6)32-30(29-17-12-18-36-33(29)38-34(32)41)28-16-11-14-27(23-28)15-13-19-39(8-2)9-3/h11-12,14,16-18,21-23H,7-10,19-20H2,1-6H3,(H,37,42)(H,36,38,41). The third-order valence-corrected chi connectivity index (χ3v) is 7.50. The Hall–Kier alpha value is -4.41. The third-order valence-electron chi connectivity index (χ3n) is 7.50. The van der Waals surface area contributed by atoms with Gasteiger partial charge in [-0.15, -0.1) is 0 Å². The first-order valence-electron chi connectivity index (χ1n) is 14.8. The summed E-state index contributed by atoms with van der Waals surface area (Å²) in [6.45, 7) is 15.3. The number of fused-ring (bicyclic) bond motifs is 1. The molecule has 0 spiro atoms. The summed E-state index contributed by atoms with van der Waals surface area (Å²) in [4.78, 5) is 39.0. The number of carbonyl (C=O) groups excluding carboxylic acids is 1. The number of aromatic amines is 1. The Kier molecular flexibility index (Phi) is 10.2. The molecule has 2 heterocycles. The lowest BCUT2D eigenvalue weighted by Crippen LogP contribution is -2.40. The maximum Gasteiger partial charge on any atom is 0.326 e. The first-order valence-corrected chi connectivity index (χ1v) is 14.8. The number of aryl methyl sites for hydroxylation is 3. The number of nitrogens with zero attached hydrogens (tertiary/aromatic N) is 3. The second-order valence-electron chi connectivity index (χ2n) is 10.6. The number of H-pyrrole nitrogens is 1. The van der Waals surface area contributed by atoms with Crippen molar-refractivity contribution in [2.75, 3.05) is 36.4 Å². The Labute approximate surface area is 249 Å². The lowest BCUT2D eigenvalue weighted by Gasteiger charge is -2.26. The lowest BCUT2D eigenvalue weighted by molar-refractivity contribution is 0.256. The zero-order chi connectivity index (χ0) is 30.2. The number of anilines is 2. The molecule has 0 atom stereocenters. The highest BCUT2D eigenvalue weighted by molar-refractivity contribution is 6.09. The molecule has 7 heteroatoms. The van der Waals surface area contributed by atoms with Gasteiger partial charge in [-0.3, -0.25) is 14.6 Å². The fraction of sp³-hybridized carbons (Fsp3) is 0.343. The van der Waals surface area contributed by atoms with E-state index in [4.69, 9.17) is 0 Å². The summed E-state index contributed by atoms with van der Waals surface area (Å²) < 4.78 is 0. The largest absolute Gasteiger partial charge is 0.326 e. The van der Waals surface area contributed by atoms with Crippen LogP contribution in [-0.2, 0) is 0 Å². The van der Waals surface area contributed by atoms with E-state index in [9.17, 15) is 9.59 Å². The molecule has 0 saturated heterocycles. The van der Waals surface area contributed by atoms with Gasteiger partial charge in [0.05, 0.1) is 6.54 Å². The minimum absolute atomic E-state index is 0.303. The van der Waals surface area contributed by atoms with E-state index >= 15 is 0 Å². The molecule has 2 N–H and O–H groups in total. The Bertz CT molecular complexity index is 1670. The quantitative estimate of drug-likeness (QED) is 0.214. The molecular formula is C35H41N5O2. The Morgan fingerprint density at radius 3 is 2.43 bits per heavy atom. The summed E-state index contributed by atoms with van der Waals surface area (Å²) in [7, 11) is 0. The Morgan fingerprint density at radius 1 is 1.00 bits per heavy atom. The van der Waals surface area contributed by atoms with Gasteiger partial charge in [-0.25, -0.2) is 9.78 Å². The van der Waals surface area contributed by atoms with Gasteiger partial charge in [0.25, 0.3) is 5.56 Å². The number of pyridine rings is 2. The number of rotatable bonds is 9. The number of unbranched alkanes of at least 4 members (excludes halogenated alkanes) is 1. The molecule has 0 saturated carbocycles. The van der Waals surface area contributed by atoms with Crippen LogP contribution in [0.5, 0.6) is 0 Å². The van der Waals surface area contributed by atoms with Crippen LogP contribution in [0.15, 0.2) is 59.5 Å². The van der Waals surface area contributed by atoms with E-state index in [0.29, 0.717) is 30.0 Å². The number of carbonyl (C=O) groups is 1. The summed E-state index contributed by atoms with van der Waals surface area (Å²) >= 11 is 0. The number of aromatic nitrogens is 2. The first kappa shape index (κ1) is 30.5. The van der Waals surface area contributed by atoms with Gasteiger partial charge in [0, 0.05) is 34.9 Å². The van der Waals surface area contributed by atoms with E-state index in [1.165, 1.54) is 0 Å². The molecule has 2 aromatic carbocycles. The zero-order valence-corrected chi connectivity index (χ0v) is 25.6. The number of hydrogen-bond acceptors (Lipinski definition) is 4. The molecule has 0 fully saturated rings. The molecule has 218 valence electrons. The molecular weight excluding hydrogens is 522 g/mol. The van der Waals surface area contributed by atoms with E-state index in [2.05, 4.69) is 52.8 Å². The van der Waals surface area contributed by atoms with E-state index in [-0.39, 0.29) is 11.6 Å². The minimum atomic E-state index is -0.363. The Morgan fingerprint density at radius 2 is 1.74 bits per heavy atom. The smallest absolute Gasteiger partial charge is 0.307 e. The van der Waals surface area contributed by atoms with Crippen molar-refractivity contribution < 1.29 is 4.79 Å². The summed E-state index contributed by atoms with van der Waals surface area (Å²) in [6, 6.07) is 15.4. The van der Waals surface area contributed by atoms with Crippen LogP contribution < -0.4 is 15.8 Å². The van der Waals surface area contributed by atoms with Crippen molar-refractivity contribution in [1.82, 2.24) is 14.9 Å². The first-order chi connectivity index (χ1) is 20.3. The number of amides is 2. The highest BCUT2D eigenvalue weighted by Gasteiger charge is 2.26. The van der Waals surface area contributed by atoms with Crippen LogP contribution in [0.3, 0.4) is 0 Å². The fourth-order valence-corrected chi connectivity index (χ4v) is 5.30. The average Bonchev–Trinajstić information content (AvgIpc) is 2.97. The van der Waals surface area contributed by atoms with Gasteiger partial charge in [0.2, 0.25) is 0 Å². The molecule has 0 aliphatic carbocycles. The Balaban J connectivity index is 1.87. The van der Waals surface area contributed by atoms with E-state index in [1.54, 1.807) is 11.1 Å². The summed E-state index contributed by atoms with van der Waals surface area (Å²) in [6.07, 6.45) is 3.26. The highest BCUT2D eigenvalue weighted by Crippen LogP contribution is 2.35. The molecule has 0 bridgehead atoms. The van der Waals surface area contributed by atoms with Gasteiger partial charge in [-0.1, -0.05) is 68.9 Å². The molecule has 0 aliphatic heterocycles. The predicted molar refractivity (Wildman–Crippen MR) is 174 cm³/mol. The number of nitrogens with one attached hydrogen (secondary N) is 2. The van der Waals surface area contributed by atoms with Gasteiger partial charge in [-0.05, 0) is 81.2 Å². The number of benzene rings is 2. The van der Waals surface area contributed by atoms with Crippen LogP contribution in [0.25, 0.3) is 22.2 Å². The minimum Gasteiger partial charge on any atom is -0.307 e. The number of hydrogen-bond donors (Lipinski definition) is 2. The second-order valence-corrected chi connectivity index (χ2v) is 10.6. The van der Waals surface area contributed by atoms with Crippen LogP contribution in [0.1, 0.15) is 55.9 Å². The molecule has 0 unspecified atom stereocenters. The van der Waals surface area contributed by atoms with Crippen molar-refractivity contribution in [2.45, 2.75) is 54.4 Å². The summed E-state index contributed by atoms with van der Waals surface area (Å²) in [5.74, 6) is 6.56. The van der Waals surface area contributed by atoms with Crippen LogP contribution >= 0.6 is 0 Å². The van der Waals surface area contributed by atoms with E-state index in [0.717, 1.165) is 64.8 Å². The third kappa shape index (κ3) is 6.89. The van der Waals surface area contributed by atoms with Crippen LogP contribution in [0, 0.1) is 32.6 Å². The maximum absolute atomic E-state index is 14.0. The monoisotopic (exact) mass is 563 g/mol. The number of urea groups is 1. The van der Waals surface area contributed by atoms with Crippen molar-refractivity contribution in [3.05, 3.63) is 87.3 Å². The molecule has 0 aliphatic rings. The van der Waals surface area contributed by atoms with E-state index < -0.39 is 0 Å². The van der Waals surface area contributed by atoms with Crippen LogP contribution in [-0.4, -0.2) is 47.1 Å². The lowest BCUT2D eigenvalue weighted by atomic mass is 9.98. The van der Waals surface area contributed by atoms with E-state index in [1.807, 2.05) is 69.3 Å². The summed E-state index contributed by atoms with van der Waals surface area (Å²) in [5.41, 5.74) is 6.57. The van der Waals surface area contributed by atoms with Crippen LogP contribution in [0.4, 0.5) is 16.2 Å². The van der Waals surface area contributed by atoms with Gasteiger partial charge in [0.1, 0.15) is 11.3 Å².